The number of carboxylic acid groups (broad SMARTS) is 1. The Morgan fingerprint density at radius 3 is 2.65 bits per heavy atom. The van der Waals surface area contributed by atoms with Crippen LogP contribution < -0.4 is 5.32 Å². The molecule has 0 radical (unpaired) electrons. The van der Waals surface area contributed by atoms with Gasteiger partial charge in [-0.05, 0) is 17.2 Å². The zero-order valence-corrected chi connectivity index (χ0v) is 12.7. The van der Waals surface area contributed by atoms with Crippen molar-refractivity contribution >= 4 is 16.9 Å². The lowest BCUT2D eigenvalue weighted by Gasteiger charge is -2.23. The molecule has 1 aromatic heterocycles. The SMILES string of the molecule is O=C(O)C1Cc2c(c3ccccc3n2Cc2ccccc2)CN1. The minimum absolute atomic E-state index is 0.513. The lowest BCUT2D eigenvalue weighted by Crippen LogP contribution is -2.42. The summed E-state index contributed by atoms with van der Waals surface area (Å²) >= 11 is 0. The fraction of sp³-hybridized carbons (Fsp3) is 0.211. The van der Waals surface area contributed by atoms with Gasteiger partial charge in [-0.25, -0.2) is 0 Å². The van der Waals surface area contributed by atoms with Crippen LogP contribution >= 0.6 is 0 Å². The maximum absolute atomic E-state index is 11.4. The van der Waals surface area contributed by atoms with Crippen LogP contribution in [-0.4, -0.2) is 21.7 Å². The number of benzene rings is 2. The third kappa shape index (κ3) is 2.41. The largest absolute Gasteiger partial charge is 0.480 e. The third-order valence-electron chi connectivity index (χ3n) is 4.60. The Bertz CT molecular complexity index is 868. The summed E-state index contributed by atoms with van der Waals surface area (Å²) in [4.78, 5) is 11.4. The number of hydrogen-bond acceptors (Lipinski definition) is 2. The van der Waals surface area contributed by atoms with Crippen LogP contribution in [0.3, 0.4) is 0 Å². The van der Waals surface area contributed by atoms with Crippen molar-refractivity contribution in [1.29, 1.82) is 0 Å². The summed E-state index contributed by atoms with van der Waals surface area (Å²) < 4.78 is 2.27. The van der Waals surface area contributed by atoms with Crippen LogP contribution in [0.2, 0.25) is 0 Å². The molecule has 2 aromatic carbocycles. The highest BCUT2D eigenvalue weighted by molar-refractivity contribution is 5.87. The van der Waals surface area contributed by atoms with Gasteiger partial charge in [-0.1, -0.05) is 48.5 Å². The summed E-state index contributed by atoms with van der Waals surface area (Å²) in [6, 6.07) is 18.1. The van der Waals surface area contributed by atoms with Crippen LogP contribution in [0.1, 0.15) is 16.8 Å². The van der Waals surface area contributed by atoms with Gasteiger partial charge in [-0.2, -0.15) is 0 Å². The average Bonchev–Trinajstić information content (AvgIpc) is 2.90. The Hall–Kier alpha value is -2.59. The zero-order chi connectivity index (χ0) is 15.8. The molecule has 2 N–H and O–H groups in total. The van der Waals surface area contributed by atoms with E-state index in [1.807, 2.05) is 30.3 Å². The Morgan fingerprint density at radius 1 is 1.13 bits per heavy atom. The second kappa shape index (κ2) is 5.56. The van der Waals surface area contributed by atoms with Crippen LogP contribution in [0.5, 0.6) is 0 Å². The van der Waals surface area contributed by atoms with Gasteiger partial charge in [0.2, 0.25) is 0 Å². The number of carboxylic acids is 1. The van der Waals surface area contributed by atoms with Gasteiger partial charge >= 0.3 is 5.97 Å². The molecular formula is C19H18N2O2. The molecule has 1 aliphatic rings. The monoisotopic (exact) mass is 306 g/mol. The number of nitrogens with one attached hydrogen (secondary N) is 1. The Labute approximate surface area is 134 Å². The van der Waals surface area contributed by atoms with E-state index < -0.39 is 12.0 Å². The smallest absolute Gasteiger partial charge is 0.321 e. The van der Waals surface area contributed by atoms with Gasteiger partial charge < -0.3 is 9.67 Å². The van der Waals surface area contributed by atoms with Crippen LogP contribution in [0.25, 0.3) is 10.9 Å². The maximum atomic E-state index is 11.4. The van der Waals surface area contributed by atoms with E-state index in [0.717, 1.165) is 12.2 Å². The lowest BCUT2D eigenvalue weighted by atomic mass is 10.0. The van der Waals surface area contributed by atoms with E-state index in [1.165, 1.54) is 22.0 Å². The molecule has 4 nitrogen and oxygen atoms in total. The number of aliphatic carboxylic acids is 1. The molecule has 1 aliphatic heterocycles. The first-order chi connectivity index (χ1) is 11.2. The first kappa shape index (κ1) is 14.0. The molecule has 1 atom stereocenters. The molecule has 0 bridgehead atoms. The number of para-hydroxylation sites is 1. The van der Waals surface area contributed by atoms with Crippen molar-refractivity contribution in [2.24, 2.45) is 0 Å². The van der Waals surface area contributed by atoms with E-state index in [2.05, 4.69) is 34.1 Å². The van der Waals surface area contributed by atoms with Gasteiger partial charge in [-0.15, -0.1) is 0 Å². The number of hydrogen-bond donors (Lipinski definition) is 2. The molecule has 3 aromatic rings. The van der Waals surface area contributed by atoms with Crippen molar-refractivity contribution in [3.05, 3.63) is 71.4 Å². The molecule has 0 aliphatic carbocycles. The van der Waals surface area contributed by atoms with Crippen molar-refractivity contribution in [3.63, 3.8) is 0 Å². The van der Waals surface area contributed by atoms with Crippen molar-refractivity contribution in [3.8, 4) is 0 Å². The van der Waals surface area contributed by atoms with E-state index in [4.69, 9.17) is 0 Å². The van der Waals surface area contributed by atoms with Gasteiger partial charge in [0.1, 0.15) is 6.04 Å². The summed E-state index contributed by atoms with van der Waals surface area (Å²) in [5.74, 6) is -0.785. The molecular weight excluding hydrogens is 288 g/mol. The number of fused-ring (bicyclic) bond motifs is 3. The third-order valence-corrected chi connectivity index (χ3v) is 4.60. The fourth-order valence-electron chi connectivity index (χ4n) is 3.47. The zero-order valence-electron chi connectivity index (χ0n) is 12.7. The highest BCUT2D eigenvalue weighted by atomic mass is 16.4. The van der Waals surface area contributed by atoms with E-state index in [-0.39, 0.29) is 0 Å². The Morgan fingerprint density at radius 2 is 1.87 bits per heavy atom. The normalized spacial score (nSPS) is 17.1. The highest BCUT2D eigenvalue weighted by Crippen LogP contribution is 2.30. The van der Waals surface area contributed by atoms with Gasteiger partial charge in [0, 0.05) is 36.1 Å². The fourth-order valence-corrected chi connectivity index (χ4v) is 3.47. The summed E-state index contributed by atoms with van der Waals surface area (Å²) in [6.07, 6.45) is 0.520. The molecule has 116 valence electrons. The molecule has 0 saturated carbocycles. The van der Waals surface area contributed by atoms with Gasteiger partial charge in [0.15, 0.2) is 0 Å². The first-order valence-corrected chi connectivity index (χ1v) is 7.83. The van der Waals surface area contributed by atoms with E-state index in [0.29, 0.717) is 13.0 Å². The molecule has 4 rings (SSSR count). The van der Waals surface area contributed by atoms with E-state index >= 15 is 0 Å². The minimum Gasteiger partial charge on any atom is -0.480 e. The summed E-state index contributed by atoms with van der Waals surface area (Å²) in [7, 11) is 0. The van der Waals surface area contributed by atoms with Crippen molar-refractivity contribution < 1.29 is 9.90 Å². The lowest BCUT2D eigenvalue weighted by molar-refractivity contribution is -0.139. The van der Waals surface area contributed by atoms with Crippen molar-refractivity contribution in [1.82, 2.24) is 9.88 Å². The first-order valence-electron chi connectivity index (χ1n) is 7.83. The molecule has 0 saturated heterocycles. The molecule has 0 amide bonds. The highest BCUT2D eigenvalue weighted by Gasteiger charge is 2.28. The quantitative estimate of drug-likeness (QED) is 0.782. The van der Waals surface area contributed by atoms with Crippen molar-refractivity contribution in [2.75, 3.05) is 0 Å². The molecule has 23 heavy (non-hydrogen) atoms. The second-order valence-corrected chi connectivity index (χ2v) is 5.99. The Balaban J connectivity index is 1.85. The number of nitrogens with zero attached hydrogens (tertiary/aromatic N) is 1. The average molecular weight is 306 g/mol. The molecule has 4 heteroatoms. The van der Waals surface area contributed by atoms with E-state index in [1.54, 1.807) is 0 Å². The number of carbonyl (C=O) groups is 1. The topological polar surface area (TPSA) is 54.3 Å². The summed E-state index contributed by atoms with van der Waals surface area (Å²) in [5.41, 5.74) is 4.77. The van der Waals surface area contributed by atoms with Crippen LogP contribution in [-0.2, 0) is 24.3 Å². The van der Waals surface area contributed by atoms with Crippen LogP contribution in [0.15, 0.2) is 54.6 Å². The van der Waals surface area contributed by atoms with Gasteiger partial charge in [0.05, 0.1) is 0 Å². The summed E-state index contributed by atoms with van der Waals surface area (Å²) in [6.45, 7) is 1.37. The molecule has 0 fully saturated rings. The van der Waals surface area contributed by atoms with Crippen LogP contribution in [0.4, 0.5) is 0 Å². The predicted octanol–water partition coefficient (Wildman–Crippen LogP) is 2.79. The number of rotatable bonds is 3. The van der Waals surface area contributed by atoms with Crippen LogP contribution in [0, 0.1) is 0 Å². The molecule has 0 spiro atoms. The second-order valence-electron chi connectivity index (χ2n) is 5.99. The Kier molecular flexibility index (Phi) is 3.39. The van der Waals surface area contributed by atoms with Gasteiger partial charge in [0.25, 0.3) is 0 Å². The minimum atomic E-state index is -0.785. The maximum Gasteiger partial charge on any atom is 0.321 e. The van der Waals surface area contributed by atoms with Crippen molar-refractivity contribution in [2.45, 2.75) is 25.6 Å². The van der Waals surface area contributed by atoms with Gasteiger partial charge in [-0.3, -0.25) is 10.1 Å². The summed E-state index contributed by atoms with van der Waals surface area (Å²) in [5, 5.41) is 13.7. The van der Waals surface area contributed by atoms with E-state index in [9.17, 15) is 9.90 Å². The predicted molar refractivity (Wildman–Crippen MR) is 89.4 cm³/mol. The molecule has 1 unspecified atom stereocenters. The number of aromatic nitrogens is 1. The standard InChI is InChI=1S/C19H18N2O2/c22-19(23)16-10-18-15(11-20-16)14-8-4-5-9-17(14)21(18)12-13-6-2-1-3-7-13/h1-9,16,20H,10-12H2,(H,22,23). The molecule has 2 heterocycles.